The topological polar surface area (TPSA) is 58.6 Å². The third-order valence-corrected chi connectivity index (χ3v) is 4.88. The number of hydrogen-bond donors (Lipinski definition) is 1. The van der Waals surface area contributed by atoms with Gasteiger partial charge < -0.3 is 15.0 Å². The van der Waals surface area contributed by atoms with Gasteiger partial charge in [-0.3, -0.25) is 4.79 Å². The number of urea groups is 1. The van der Waals surface area contributed by atoms with Gasteiger partial charge in [-0.05, 0) is 55.2 Å². The lowest BCUT2D eigenvalue weighted by Crippen LogP contribution is -2.34. The van der Waals surface area contributed by atoms with Crippen LogP contribution in [0, 0.1) is 0 Å². The number of nitrogens with zero attached hydrogens (tertiary/aromatic N) is 1. The Morgan fingerprint density at radius 1 is 1.15 bits per heavy atom. The fraction of sp³-hybridized carbons (Fsp3) is 0.333. The lowest BCUT2D eigenvalue weighted by Gasteiger charge is -2.25. The molecule has 0 bridgehead atoms. The predicted octanol–water partition coefficient (Wildman–Crippen LogP) is 4.81. The van der Waals surface area contributed by atoms with E-state index in [9.17, 15) is 9.59 Å². The molecule has 0 radical (unpaired) electrons. The molecule has 142 valence electrons. The molecule has 1 N–H and O–H groups in total. The monoisotopic (exact) mass is 386 g/mol. The van der Waals surface area contributed by atoms with Gasteiger partial charge in [-0.15, -0.1) is 0 Å². The van der Waals surface area contributed by atoms with Crippen LogP contribution in [0.25, 0.3) is 0 Å². The van der Waals surface area contributed by atoms with Gasteiger partial charge in [-0.25, -0.2) is 4.79 Å². The summed E-state index contributed by atoms with van der Waals surface area (Å²) in [6.07, 6.45) is 2.14. The number of amides is 2. The van der Waals surface area contributed by atoms with Gasteiger partial charge in [0.1, 0.15) is 0 Å². The zero-order valence-corrected chi connectivity index (χ0v) is 16.0. The zero-order chi connectivity index (χ0) is 19.2. The van der Waals surface area contributed by atoms with E-state index in [-0.39, 0.29) is 24.5 Å². The average molecular weight is 387 g/mol. The first-order chi connectivity index (χ1) is 13.1. The van der Waals surface area contributed by atoms with Crippen molar-refractivity contribution in [1.82, 2.24) is 4.90 Å². The van der Waals surface area contributed by atoms with Crippen molar-refractivity contribution in [2.24, 2.45) is 0 Å². The molecule has 1 heterocycles. The van der Waals surface area contributed by atoms with E-state index < -0.39 is 0 Å². The maximum Gasteiger partial charge on any atom is 0.322 e. The first-order valence-electron chi connectivity index (χ1n) is 9.14. The molecule has 1 aliphatic heterocycles. The number of halogens is 1. The molecule has 6 heteroatoms. The highest BCUT2D eigenvalue weighted by atomic mass is 35.5. The van der Waals surface area contributed by atoms with E-state index in [4.69, 9.17) is 16.3 Å². The fourth-order valence-corrected chi connectivity index (χ4v) is 3.45. The Morgan fingerprint density at radius 2 is 1.85 bits per heavy atom. The largest absolute Gasteiger partial charge is 0.466 e. The molecule has 2 amide bonds. The summed E-state index contributed by atoms with van der Waals surface area (Å²) in [4.78, 5) is 26.1. The Hall–Kier alpha value is -2.53. The Balaban J connectivity index is 1.62. The van der Waals surface area contributed by atoms with Gasteiger partial charge in [0.25, 0.3) is 0 Å². The molecule has 2 aromatic carbocycles. The first kappa shape index (κ1) is 19.2. The van der Waals surface area contributed by atoms with Crippen molar-refractivity contribution in [2.75, 3.05) is 18.5 Å². The number of benzene rings is 2. The van der Waals surface area contributed by atoms with Gasteiger partial charge in [-0.2, -0.15) is 0 Å². The van der Waals surface area contributed by atoms with Crippen LogP contribution < -0.4 is 5.32 Å². The van der Waals surface area contributed by atoms with Crippen molar-refractivity contribution in [3.63, 3.8) is 0 Å². The van der Waals surface area contributed by atoms with Crippen molar-refractivity contribution in [3.05, 3.63) is 64.7 Å². The fourth-order valence-electron chi connectivity index (χ4n) is 3.32. The number of hydrogen-bond acceptors (Lipinski definition) is 3. The quantitative estimate of drug-likeness (QED) is 0.750. The molecule has 1 saturated heterocycles. The van der Waals surface area contributed by atoms with Crippen LogP contribution in [0.2, 0.25) is 5.02 Å². The SMILES string of the molecule is CCOC(=O)Cc1ccc(NC(=O)N2CCC[C@@H]2c2ccc(Cl)cc2)cc1. The summed E-state index contributed by atoms with van der Waals surface area (Å²) in [7, 11) is 0. The van der Waals surface area contributed by atoms with Crippen molar-refractivity contribution < 1.29 is 14.3 Å². The second kappa shape index (κ2) is 8.91. The lowest BCUT2D eigenvalue weighted by atomic mass is 10.1. The molecule has 0 saturated carbocycles. The predicted molar refractivity (Wildman–Crippen MR) is 106 cm³/mol. The minimum Gasteiger partial charge on any atom is -0.466 e. The van der Waals surface area contributed by atoms with Crippen LogP contribution in [0.5, 0.6) is 0 Å². The molecule has 0 aliphatic carbocycles. The van der Waals surface area contributed by atoms with E-state index in [1.807, 2.05) is 41.3 Å². The molecule has 5 nitrogen and oxygen atoms in total. The van der Waals surface area contributed by atoms with E-state index in [0.29, 0.717) is 17.3 Å². The van der Waals surface area contributed by atoms with Crippen LogP contribution in [0.3, 0.4) is 0 Å². The molecule has 0 aromatic heterocycles. The number of anilines is 1. The summed E-state index contributed by atoms with van der Waals surface area (Å²) in [5, 5.41) is 3.64. The second-order valence-corrected chi connectivity index (χ2v) is 6.95. The average Bonchev–Trinajstić information content (AvgIpc) is 3.14. The van der Waals surface area contributed by atoms with Crippen molar-refractivity contribution in [1.29, 1.82) is 0 Å². The van der Waals surface area contributed by atoms with Gasteiger partial charge in [0.05, 0.1) is 19.1 Å². The van der Waals surface area contributed by atoms with Crippen LogP contribution >= 0.6 is 11.6 Å². The highest BCUT2D eigenvalue weighted by molar-refractivity contribution is 6.30. The normalized spacial score (nSPS) is 16.2. The number of likely N-dealkylation sites (tertiary alicyclic amines) is 1. The van der Waals surface area contributed by atoms with E-state index in [1.165, 1.54) is 0 Å². The zero-order valence-electron chi connectivity index (χ0n) is 15.3. The van der Waals surface area contributed by atoms with Gasteiger partial charge in [0.2, 0.25) is 0 Å². The molecular weight excluding hydrogens is 364 g/mol. The Labute approximate surface area is 164 Å². The maximum atomic E-state index is 12.7. The molecule has 1 fully saturated rings. The number of rotatable bonds is 5. The summed E-state index contributed by atoms with van der Waals surface area (Å²) < 4.78 is 4.95. The summed E-state index contributed by atoms with van der Waals surface area (Å²) >= 11 is 5.96. The molecule has 0 unspecified atom stereocenters. The molecule has 27 heavy (non-hydrogen) atoms. The van der Waals surface area contributed by atoms with E-state index in [0.717, 1.165) is 30.5 Å². The van der Waals surface area contributed by atoms with Crippen LogP contribution in [-0.4, -0.2) is 30.1 Å². The van der Waals surface area contributed by atoms with Gasteiger partial charge >= 0.3 is 12.0 Å². The van der Waals surface area contributed by atoms with Gasteiger partial charge in [0.15, 0.2) is 0 Å². The van der Waals surface area contributed by atoms with Crippen molar-refractivity contribution in [3.8, 4) is 0 Å². The van der Waals surface area contributed by atoms with E-state index in [1.54, 1.807) is 19.1 Å². The number of carbonyl (C=O) groups is 2. The van der Waals surface area contributed by atoms with E-state index >= 15 is 0 Å². The van der Waals surface area contributed by atoms with Crippen LogP contribution in [0.4, 0.5) is 10.5 Å². The Morgan fingerprint density at radius 3 is 2.52 bits per heavy atom. The van der Waals surface area contributed by atoms with Gasteiger partial charge in [-0.1, -0.05) is 35.9 Å². The smallest absolute Gasteiger partial charge is 0.322 e. The molecule has 1 atom stereocenters. The minimum absolute atomic E-state index is 0.0605. The molecule has 1 aliphatic rings. The summed E-state index contributed by atoms with van der Waals surface area (Å²) in [5.74, 6) is -0.253. The van der Waals surface area contributed by atoms with Crippen molar-refractivity contribution in [2.45, 2.75) is 32.2 Å². The van der Waals surface area contributed by atoms with Crippen molar-refractivity contribution >= 4 is 29.3 Å². The van der Waals surface area contributed by atoms with E-state index in [2.05, 4.69) is 5.32 Å². The third-order valence-electron chi connectivity index (χ3n) is 4.63. The van der Waals surface area contributed by atoms with Crippen LogP contribution in [0.1, 0.15) is 36.9 Å². The van der Waals surface area contributed by atoms with Crippen LogP contribution in [0.15, 0.2) is 48.5 Å². The Kier molecular flexibility index (Phi) is 6.35. The molecule has 3 rings (SSSR count). The second-order valence-electron chi connectivity index (χ2n) is 6.51. The van der Waals surface area contributed by atoms with Crippen LogP contribution in [-0.2, 0) is 16.0 Å². The summed E-state index contributed by atoms with van der Waals surface area (Å²) in [6.45, 7) is 2.88. The minimum atomic E-state index is -0.253. The number of carbonyl (C=O) groups excluding carboxylic acids is 2. The number of ether oxygens (including phenoxy) is 1. The number of nitrogens with one attached hydrogen (secondary N) is 1. The number of esters is 1. The highest BCUT2D eigenvalue weighted by Gasteiger charge is 2.29. The molecular formula is C21H23ClN2O3. The van der Waals surface area contributed by atoms with Gasteiger partial charge in [0, 0.05) is 17.3 Å². The maximum absolute atomic E-state index is 12.7. The molecule has 0 spiro atoms. The summed E-state index contributed by atoms with van der Waals surface area (Å²) in [5.41, 5.74) is 2.65. The highest BCUT2D eigenvalue weighted by Crippen LogP contribution is 2.33. The first-order valence-corrected chi connectivity index (χ1v) is 9.52. The Bertz CT molecular complexity index is 790. The lowest BCUT2D eigenvalue weighted by molar-refractivity contribution is -0.142. The third kappa shape index (κ3) is 5.01. The standard InChI is InChI=1S/C21H23ClN2O3/c1-2-27-20(25)14-15-5-11-18(12-6-15)23-21(26)24-13-3-4-19(24)16-7-9-17(22)10-8-16/h5-12,19H,2-4,13-14H2,1H3,(H,23,26)/t19-/m1/s1. The summed E-state index contributed by atoms with van der Waals surface area (Å²) in [6, 6.07) is 14.9. The molecule has 2 aromatic rings.